The second-order valence-electron chi connectivity index (χ2n) is 10.4. The van der Waals surface area contributed by atoms with E-state index in [1.165, 1.54) is 75.5 Å². The summed E-state index contributed by atoms with van der Waals surface area (Å²) >= 11 is 1.93. The average molecular weight is 517 g/mol. The fraction of sp³-hybridized carbons (Fsp3) is 0.0556. The van der Waals surface area contributed by atoms with Gasteiger partial charge in [-0.05, 0) is 43.2 Å². The van der Waals surface area contributed by atoms with Gasteiger partial charge in [0.1, 0.15) is 0 Å². The van der Waals surface area contributed by atoms with Crippen molar-refractivity contribution in [1.82, 2.24) is 9.13 Å². The van der Waals surface area contributed by atoms with Gasteiger partial charge in [-0.2, -0.15) is 0 Å². The maximum Gasteiger partial charge on any atom is 0.0640 e. The van der Waals surface area contributed by atoms with E-state index in [0.29, 0.717) is 0 Å². The highest BCUT2D eigenvalue weighted by Crippen LogP contribution is 2.44. The predicted molar refractivity (Wildman–Crippen MR) is 168 cm³/mol. The van der Waals surface area contributed by atoms with Gasteiger partial charge in [-0.25, -0.2) is 0 Å². The number of rotatable bonds is 2. The van der Waals surface area contributed by atoms with Crippen molar-refractivity contribution in [2.24, 2.45) is 0 Å². The molecule has 0 amide bonds. The SMILES string of the molecule is C1=Cc2c(n(-c3cccc4c3sc3c(-n5c6ccccc6c6ccccc65)cccc34)c3ccccc23)CC1. The summed E-state index contributed by atoms with van der Waals surface area (Å²) in [5.41, 5.74) is 9.13. The maximum absolute atomic E-state index is 2.53. The zero-order chi connectivity index (χ0) is 25.5. The number of hydrogen-bond acceptors (Lipinski definition) is 1. The molecule has 3 heterocycles. The van der Waals surface area contributed by atoms with Crippen LogP contribution in [0.5, 0.6) is 0 Å². The maximum atomic E-state index is 2.53. The molecule has 0 fully saturated rings. The Bertz CT molecular complexity index is 2240. The summed E-state index contributed by atoms with van der Waals surface area (Å²) in [4.78, 5) is 0. The van der Waals surface area contributed by atoms with Crippen LogP contribution < -0.4 is 0 Å². The molecule has 0 saturated heterocycles. The van der Waals surface area contributed by atoms with Crippen LogP contribution in [0.1, 0.15) is 17.7 Å². The number of hydrogen-bond donors (Lipinski definition) is 0. The summed E-state index contributed by atoms with van der Waals surface area (Å²) < 4.78 is 7.67. The zero-order valence-corrected chi connectivity index (χ0v) is 22.1. The minimum atomic E-state index is 1.06. The lowest BCUT2D eigenvalue weighted by Crippen LogP contribution is -2.03. The number of para-hydroxylation sites is 3. The molecule has 1 aliphatic carbocycles. The van der Waals surface area contributed by atoms with Crippen molar-refractivity contribution in [3.05, 3.63) is 127 Å². The highest BCUT2D eigenvalue weighted by Gasteiger charge is 2.22. The van der Waals surface area contributed by atoms with Crippen molar-refractivity contribution in [1.29, 1.82) is 0 Å². The van der Waals surface area contributed by atoms with Crippen LogP contribution in [0.3, 0.4) is 0 Å². The second-order valence-corrected chi connectivity index (χ2v) is 11.5. The van der Waals surface area contributed by atoms with E-state index in [2.05, 4.69) is 130 Å². The van der Waals surface area contributed by atoms with Gasteiger partial charge in [-0.3, -0.25) is 0 Å². The molecule has 0 radical (unpaired) electrons. The molecule has 0 bridgehead atoms. The van der Waals surface area contributed by atoms with Crippen LogP contribution in [0.2, 0.25) is 0 Å². The van der Waals surface area contributed by atoms with E-state index in [1.54, 1.807) is 0 Å². The third-order valence-electron chi connectivity index (χ3n) is 8.39. The van der Waals surface area contributed by atoms with E-state index in [1.807, 2.05) is 11.3 Å². The minimum Gasteiger partial charge on any atom is -0.312 e. The van der Waals surface area contributed by atoms with Gasteiger partial charge in [0.05, 0.1) is 37.3 Å². The first kappa shape index (κ1) is 21.3. The third kappa shape index (κ3) is 2.85. The predicted octanol–water partition coefficient (Wildman–Crippen LogP) is 10.1. The van der Waals surface area contributed by atoms with Gasteiger partial charge in [0.25, 0.3) is 0 Å². The Hall–Kier alpha value is -4.60. The zero-order valence-electron chi connectivity index (χ0n) is 21.3. The molecule has 3 heteroatoms. The van der Waals surface area contributed by atoms with Crippen molar-refractivity contribution in [2.75, 3.05) is 0 Å². The quantitative estimate of drug-likeness (QED) is 0.216. The highest BCUT2D eigenvalue weighted by atomic mass is 32.1. The number of benzene rings is 5. The fourth-order valence-electron chi connectivity index (χ4n) is 6.77. The molecule has 1 aliphatic rings. The van der Waals surface area contributed by atoms with Crippen LogP contribution in [0, 0.1) is 0 Å². The molecule has 5 aromatic carbocycles. The van der Waals surface area contributed by atoms with Crippen LogP contribution in [-0.4, -0.2) is 9.13 Å². The Kier molecular flexibility index (Phi) is 4.35. The van der Waals surface area contributed by atoms with Crippen molar-refractivity contribution >= 4 is 70.3 Å². The topological polar surface area (TPSA) is 9.86 Å². The summed E-state index contributed by atoms with van der Waals surface area (Å²) in [6.45, 7) is 0. The number of nitrogens with zero attached hydrogens (tertiary/aromatic N) is 2. The van der Waals surface area contributed by atoms with Gasteiger partial charge in [-0.15, -0.1) is 11.3 Å². The van der Waals surface area contributed by atoms with E-state index in [0.717, 1.165) is 12.8 Å². The third-order valence-corrected chi connectivity index (χ3v) is 9.66. The van der Waals surface area contributed by atoms with Crippen molar-refractivity contribution in [3.63, 3.8) is 0 Å². The molecular weight excluding hydrogens is 492 g/mol. The molecule has 184 valence electrons. The largest absolute Gasteiger partial charge is 0.312 e. The normalized spacial score (nSPS) is 13.3. The highest BCUT2D eigenvalue weighted by molar-refractivity contribution is 7.26. The van der Waals surface area contributed by atoms with Crippen molar-refractivity contribution in [2.45, 2.75) is 12.8 Å². The summed E-state index contributed by atoms with van der Waals surface area (Å²) in [6, 6.07) is 40.1. The van der Waals surface area contributed by atoms with Crippen molar-refractivity contribution in [3.8, 4) is 11.4 Å². The first-order valence-corrected chi connectivity index (χ1v) is 14.4. The lowest BCUT2D eigenvalue weighted by Gasteiger charge is -2.14. The molecule has 8 aromatic rings. The lowest BCUT2D eigenvalue weighted by molar-refractivity contribution is 0.892. The lowest BCUT2D eigenvalue weighted by atomic mass is 10.0. The number of aromatic nitrogens is 2. The van der Waals surface area contributed by atoms with Gasteiger partial charge in [0.15, 0.2) is 0 Å². The number of fused-ring (bicyclic) bond motifs is 9. The Labute approximate surface area is 229 Å². The monoisotopic (exact) mass is 516 g/mol. The molecule has 0 saturated carbocycles. The summed E-state index contributed by atoms with van der Waals surface area (Å²) in [6.07, 6.45) is 6.79. The standard InChI is InChI=1S/C36H24N2S/c1-5-17-29-23(11-1)24-12-2-6-18-30(24)37(29)33-21-9-15-27-28-16-10-22-34(36(28)39-35(27)33)38-31-19-7-3-13-25(31)26-14-4-8-20-32(26)38/h1-7,9-19,21-22H,8,20H2. The molecule has 0 spiro atoms. The Morgan fingerprint density at radius 1 is 0.487 bits per heavy atom. The van der Waals surface area contributed by atoms with Gasteiger partial charge in [-0.1, -0.05) is 91.0 Å². The van der Waals surface area contributed by atoms with Gasteiger partial charge >= 0.3 is 0 Å². The second kappa shape index (κ2) is 7.95. The molecule has 2 nitrogen and oxygen atoms in total. The number of allylic oxidation sites excluding steroid dienone is 1. The smallest absolute Gasteiger partial charge is 0.0640 e. The van der Waals surface area contributed by atoms with Gasteiger partial charge in [0, 0.05) is 38.2 Å². The molecule has 9 rings (SSSR count). The number of thiophene rings is 1. The van der Waals surface area contributed by atoms with Crippen LogP contribution >= 0.6 is 11.3 Å². The first-order chi connectivity index (χ1) is 19.4. The van der Waals surface area contributed by atoms with Crippen molar-refractivity contribution < 1.29 is 0 Å². The Morgan fingerprint density at radius 2 is 1.00 bits per heavy atom. The van der Waals surface area contributed by atoms with E-state index in [4.69, 9.17) is 0 Å². The van der Waals surface area contributed by atoms with Gasteiger partial charge < -0.3 is 9.13 Å². The molecular formula is C36H24N2S. The molecule has 0 aliphatic heterocycles. The molecule has 3 aromatic heterocycles. The first-order valence-electron chi connectivity index (χ1n) is 13.6. The summed E-state index contributed by atoms with van der Waals surface area (Å²) in [7, 11) is 0. The van der Waals surface area contributed by atoms with Crippen LogP contribution in [0.15, 0.2) is 115 Å². The average Bonchev–Trinajstić information content (AvgIpc) is 3.65. The van der Waals surface area contributed by atoms with E-state index in [-0.39, 0.29) is 0 Å². The van der Waals surface area contributed by atoms with E-state index in [9.17, 15) is 0 Å². The molecule has 0 N–H and O–H groups in total. The summed E-state index contributed by atoms with van der Waals surface area (Å²) in [5, 5.41) is 6.58. The van der Waals surface area contributed by atoms with Gasteiger partial charge in [0.2, 0.25) is 0 Å². The molecule has 0 unspecified atom stereocenters. The summed E-state index contributed by atoms with van der Waals surface area (Å²) in [5.74, 6) is 0. The van der Waals surface area contributed by atoms with E-state index >= 15 is 0 Å². The van der Waals surface area contributed by atoms with Crippen LogP contribution in [-0.2, 0) is 6.42 Å². The molecule has 0 atom stereocenters. The Balaban J connectivity index is 1.39. The Morgan fingerprint density at radius 3 is 1.64 bits per heavy atom. The fourth-order valence-corrected chi connectivity index (χ4v) is 8.08. The van der Waals surface area contributed by atoms with Crippen LogP contribution in [0.4, 0.5) is 0 Å². The van der Waals surface area contributed by atoms with Crippen LogP contribution in [0.25, 0.3) is 70.3 Å². The molecule has 39 heavy (non-hydrogen) atoms. The minimum absolute atomic E-state index is 1.06. The van der Waals surface area contributed by atoms with E-state index < -0.39 is 0 Å².